The molecule has 3 aromatic rings. The van der Waals surface area contributed by atoms with Gasteiger partial charge in [0.2, 0.25) is 0 Å². The van der Waals surface area contributed by atoms with E-state index in [0.29, 0.717) is 28.5 Å². The fourth-order valence-electron chi connectivity index (χ4n) is 2.84. The third-order valence-electron chi connectivity index (χ3n) is 4.19. The van der Waals surface area contributed by atoms with Crippen molar-refractivity contribution in [3.63, 3.8) is 0 Å². The first-order chi connectivity index (χ1) is 12.5. The maximum absolute atomic E-state index is 12.8. The molecule has 6 heteroatoms. The van der Waals surface area contributed by atoms with Crippen molar-refractivity contribution in [1.29, 1.82) is 0 Å². The van der Waals surface area contributed by atoms with E-state index in [9.17, 15) is 9.59 Å². The molecule has 0 aliphatic carbocycles. The molecule has 0 unspecified atom stereocenters. The van der Waals surface area contributed by atoms with Crippen molar-refractivity contribution in [3.8, 4) is 0 Å². The molecule has 2 amide bonds. The Labute approximate surface area is 157 Å². The summed E-state index contributed by atoms with van der Waals surface area (Å²) >= 11 is 6.06. The molecule has 2 N–H and O–H groups in total. The van der Waals surface area contributed by atoms with Crippen molar-refractivity contribution in [2.45, 2.75) is 13.3 Å². The molecule has 0 radical (unpaired) electrons. The Bertz CT molecular complexity index is 978. The van der Waals surface area contributed by atoms with Crippen LogP contribution in [0.4, 0.5) is 5.69 Å². The number of halogens is 1. The molecule has 26 heavy (non-hydrogen) atoms. The Morgan fingerprint density at radius 2 is 1.85 bits per heavy atom. The highest BCUT2D eigenvalue weighted by Crippen LogP contribution is 2.24. The summed E-state index contributed by atoms with van der Waals surface area (Å²) in [6.45, 7) is 2.54. The van der Waals surface area contributed by atoms with E-state index in [4.69, 9.17) is 11.6 Å². The predicted octanol–water partition coefficient (Wildman–Crippen LogP) is 4.22. The van der Waals surface area contributed by atoms with Crippen molar-refractivity contribution in [1.82, 2.24) is 9.88 Å². The largest absolute Gasteiger partial charge is 0.352 e. The third-order valence-corrected chi connectivity index (χ3v) is 4.43. The zero-order valence-electron chi connectivity index (χ0n) is 14.7. The zero-order chi connectivity index (χ0) is 18.7. The summed E-state index contributed by atoms with van der Waals surface area (Å²) in [5.41, 5.74) is 2.24. The molecule has 0 saturated heterocycles. The number of aromatic nitrogens is 1. The van der Waals surface area contributed by atoms with E-state index in [1.54, 1.807) is 18.2 Å². The molecule has 0 fully saturated rings. The number of carbonyl (C=O) groups excluding carboxylic acids is 2. The molecule has 3 rings (SSSR count). The maximum Gasteiger partial charge on any atom is 0.272 e. The lowest BCUT2D eigenvalue weighted by Crippen LogP contribution is -2.26. The van der Waals surface area contributed by atoms with Crippen LogP contribution in [-0.2, 0) is 7.05 Å². The van der Waals surface area contributed by atoms with E-state index in [-0.39, 0.29) is 11.8 Å². The molecule has 5 nitrogen and oxygen atoms in total. The number of para-hydroxylation sites is 1. The number of fused-ring (bicyclic) bond motifs is 1. The minimum atomic E-state index is -0.296. The number of hydrogen-bond acceptors (Lipinski definition) is 2. The topological polar surface area (TPSA) is 63.1 Å². The van der Waals surface area contributed by atoms with Crippen LogP contribution in [0.15, 0.2) is 48.5 Å². The van der Waals surface area contributed by atoms with Crippen molar-refractivity contribution in [2.24, 2.45) is 7.05 Å². The molecule has 0 aliphatic heterocycles. The Morgan fingerprint density at radius 3 is 2.58 bits per heavy atom. The van der Waals surface area contributed by atoms with Gasteiger partial charge < -0.3 is 15.2 Å². The van der Waals surface area contributed by atoms with E-state index in [1.807, 2.05) is 48.9 Å². The number of carbonyl (C=O) groups is 2. The van der Waals surface area contributed by atoms with Gasteiger partial charge in [0.15, 0.2) is 0 Å². The first-order valence-electron chi connectivity index (χ1n) is 8.45. The summed E-state index contributed by atoms with van der Waals surface area (Å²) in [6, 6.07) is 14.4. The lowest BCUT2D eigenvalue weighted by Gasteiger charge is -2.12. The fraction of sp³-hybridized carbons (Fsp3) is 0.200. The highest BCUT2D eigenvalue weighted by Gasteiger charge is 2.17. The SMILES string of the molecule is CCCNC(=O)c1ccc(Cl)cc1NC(=O)c1cc2ccccc2n1C. The van der Waals surface area contributed by atoms with Crippen molar-refractivity contribution < 1.29 is 9.59 Å². The van der Waals surface area contributed by atoms with Gasteiger partial charge in [0.05, 0.1) is 11.3 Å². The van der Waals surface area contributed by atoms with Crippen LogP contribution in [0.1, 0.15) is 34.2 Å². The second kappa shape index (κ2) is 7.62. The predicted molar refractivity (Wildman–Crippen MR) is 105 cm³/mol. The molecule has 1 heterocycles. The molecular weight excluding hydrogens is 350 g/mol. The average Bonchev–Trinajstić information content (AvgIpc) is 2.97. The van der Waals surface area contributed by atoms with Crippen molar-refractivity contribution >= 4 is 40.0 Å². The second-order valence-corrected chi connectivity index (χ2v) is 6.48. The number of hydrogen-bond donors (Lipinski definition) is 2. The molecule has 0 bridgehead atoms. The van der Waals surface area contributed by atoms with Crippen LogP contribution in [0.25, 0.3) is 10.9 Å². The van der Waals surface area contributed by atoms with Crippen LogP contribution in [0.3, 0.4) is 0 Å². The monoisotopic (exact) mass is 369 g/mol. The summed E-state index contributed by atoms with van der Waals surface area (Å²) in [5.74, 6) is -0.536. The van der Waals surface area contributed by atoms with Crippen LogP contribution in [0.2, 0.25) is 5.02 Å². The lowest BCUT2D eigenvalue weighted by molar-refractivity contribution is 0.0954. The second-order valence-electron chi connectivity index (χ2n) is 6.05. The normalized spacial score (nSPS) is 10.7. The van der Waals surface area contributed by atoms with Gasteiger partial charge in [-0.3, -0.25) is 9.59 Å². The summed E-state index contributed by atoms with van der Waals surface area (Å²) in [5, 5.41) is 7.06. The summed E-state index contributed by atoms with van der Waals surface area (Å²) < 4.78 is 1.83. The highest BCUT2D eigenvalue weighted by molar-refractivity contribution is 6.31. The number of amides is 2. The first-order valence-corrected chi connectivity index (χ1v) is 8.82. The van der Waals surface area contributed by atoms with Gasteiger partial charge in [0, 0.05) is 29.5 Å². The first kappa shape index (κ1) is 18.0. The molecule has 0 saturated carbocycles. The van der Waals surface area contributed by atoms with Gasteiger partial charge in [-0.1, -0.05) is 36.7 Å². The Kier molecular flexibility index (Phi) is 5.28. The number of nitrogens with one attached hydrogen (secondary N) is 2. The van der Waals surface area contributed by atoms with Gasteiger partial charge in [-0.15, -0.1) is 0 Å². The van der Waals surface area contributed by atoms with Gasteiger partial charge in [-0.2, -0.15) is 0 Å². The van der Waals surface area contributed by atoms with Crippen LogP contribution in [-0.4, -0.2) is 22.9 Å². The smallest absolute Gasteiger partial charge is 0.272 e. The zero-order valence-corrected chi connectivity index (χ0v) is 15.4. The lowest BCUT2D eigenvalue weighted by atomic mass is 10.1. The Hall–Kier alpha value is -2.79. The summed E-state index contributed by atoms with van der Waals surface area (Å²) in [6.07, 6.45) is 0.830. The molecular formula is C20H20ClN3O2. The number of rotatable bonds is 5. The fourth-order valence-corrected chi connectivity index (χ4v) is 3.02. The Balaban J connectivity index is 1.92. The van der Waals surface area contributed by atoms with E-state index < -0.39 is 0 Å². The number of anilines is 1. The van der Waals surface area contributed by atoms with Gasteiger partial charge in [-0.05, 0) is 36.8 Å². The van der Waals surface area contributed by atoms with Crippen molar-refractivity contribution in [3.05, 3.63) is 64.8 Å². The minimum Gasteiger partial charge on any atom is -0.352 e. The van der Waals surface area contributed by atoms with Crippen LogP contribution in [0.5, 0.6) is 0 Å². The number of nitrogens with zero attached hydrogens (tertiary/aromatic N) is 1. The molecule has 0 atom stereocenters. The maximum atomic E-state index is 12.8. The van der Waals surface area contributed by atoms with E-state index in [1.165, 1.54) is 0 Å². The minimum absolute atomic E-state index is 0.240. The molecule has 2 aromatic carbocycles. The van der Waals surface area contributed by atoms with Crippen LogP contribution in [0, 0.1) is 0 Å². The number of aryl methyl sites for hydroxylation is 1. The molecule has 0 spiro atoms. The third kappa shape index (κ3) is 3.58. The molecule has 1 aromatic heterocycles. The van der Waals surface area contributed by atoms with E-state index in [0.717, 1.165) is 17.3 Å². The van der Waals surface area contributed by atoms with Gasteiger partial charge in [-0.25, -0.2) is 0 Å². The summed E-state index contributed by atoms with van der Waals surface area (Å²) in [4.78, 5) is 25.1. The van der Waals surface area contributed by atoms with Gasteiger partial charge in [0.1, 0.15) is 5.69 Å². The van der Waals surface area contributed by atoms with Crippen LogP contribution >= 0.6 is 11.6 Å². The molecule has 134 valence electrons. The highest BCUT2D eigenvalue weighted by atomic mass is 35.5. The Morgan fingerprint density at radius 1 is 1.08 bits per heavy atom. The van der Waals surface area contributed by atoms with Crippen molar-refractivity contribution in [2.75, 3.05) is 11.9 Å². The van der Waals surface area contributed by atoms with E-state index in [2.05, 4.69) is 10.6 Å². The van der Waals surface area contributed by atoms with Gasteiger partial charge in [0.25, 0.3) is 11.8 Å². The summed E-state index contributed by atoms with van der Waals surface area (Å²) in [7, 11) is 1.84. The van der Waals surface area contributed by atoms with Crippen LogP contribution < -0.4 is 10.6 Å². The quantitative estimate of drug-likeness (QED) is 0.707. The molecule has 0 aliphatic rings. The number of benzene rings is 2. The standard InChI is InChI=1S/C20H20ClN3O2/c1-3-10-22-19(25)15-9-8-14(21)12-16(15)23-20(26)18-11-13-6-4-5-7-17(13)24(18)2/h4-9,11-12H,3,10H2,1-2H3,(H,22,25)(H,23,26). The average molecular weight is 370 g/mol. The van der Waals surface area contributed by atoms with Gasteiger partial charge >= 0.3 is 0 Å². The van der Waals surface area contributed by atoms with E-state index >= 15 is 0 Å².